The van der Waals surface area contributed by atoms with Gasteiger partial charge in [-0.1, -0.05) is 54.1 Å². The molecule has 1 heterocycles. The molecule has 4 nitrogen and oxygen atoms in total. The van der Waals surface area contributed by atoms with Crippen LogP contribution in [0.2, 0.25) is 5.02 Å². The van der Waals surface area contributed by atoms with Gasteiger partial charge >= 0.3 is 5.97 Å². The summed E-state index contributed by atoms with van der Waals surface area (Å²) in [5.74, 6) is -0.381. The van der Waals surface area contributed by atoms with Crippen LogP contribution >= 0.6 is 11.6 Å². The average Bonchev–Trinajstić information content (AvgIpc) is 2.66. The lowest BCUT2D eigenvalue weighted by Crippen LogP contribution is -2.44. The van der Waals surface area contributed by atoms with Crippen molar-refractivity contribution in [2.75, 3.05) is 26.3 Å². The topological polar surface area (TPSA) is 38.8 Å². The lowest BCUT2D eigenvalue weighted by atomic mass is 10.2. The molecule has 2 aromatic carbocycles. The third-order valence-electron chi connectivity index (χ3n) is 4.14. The minimum atomic E-state index is -0.381. The molecule has 26 heavy (non-hydrogen) atoms. The van der Waals surface area contributed by atoms with E-state index in [0.29, 0.717) is 11.6 Å². The molecule has 0 aliphatic carbocycles. The molecule has 2 aromatic rings. The van der Waals surface area contributed by atoms with Gasteiger partial charge in [0.25, 0.3) is 0 Å². The highest BCUT2D eigenvalue weighted by Crippen LogP contribution is 2.13. The van der Waals surface area contributed by atoms with E-state index >= 15 is 0 Å². The molecule has 5 heteroatoms. The lowest BCUT2D eigenvalue weighted by Gasteiger charge is -2.32. The molecule has 3 rings (SSSR count). The van der Waals surface area contributed by atoms with Crippen LogP contribution in [0.4, 0.5) is 0 Å². The van der Waals surface area contributed by atoms with E-state index in [1.54, 1.807) is 18.2 Å². The molecule has 1 aliphatic heterocycles. The second-order valence-corrected chi connectivity index (χ2v) is 6.67. The van der Waals surface area contributed by atoms with Gasteiger partial charge in [0, 0.05) is 30.7 Å². The maximum absolute atomic E-state index is 11.9. The highest BCUT2D eigenvalue weighted by molar-refractivity contribution is 6.30. The van der Waals surface area contributed by atoms with E-state index in [4.69, 9.17) is 21.1 Å². The standard InChI is InChI=1S/C21H22ClNO3/c22-19-8-4-7-17(13-19)9-10-21(24)26-16-20-15-23(11-12-25-20)14-18-5-2-1-3-6-18/h1-10,13,20H,11-12,14-16H2/b10-9-/t20-/m1/s1. The molecule has 0 saturated carbocycles. The third kappa shape index (κ3) is 5.99. The number of carbonyl (C=O) groups excluding carboxylic acids is 1. The maximum Gasteiger partial charge on any atom is 0.330 e. The first kappa shape index (κ1) is 18.6. The summed E-state index contributed by atoms with van der Waals surface area (Å²) in [6.07, 6.45) is 3.00. The summed E-state index contributed by atoms with van der Waals surface area (Å²) in [5.41, 5.74) is 2.13. The normalized spacial score (nSPS) is 18.1. The van der Waals surface area contributed by atoms with Gasteiger partial charge in [0.15, 0.2) is 0 Å². The van der Waals surface area contributed by atoms with Crippen molar-refractivity contribution in [2.45, 2.75) is 12.6 Å². The van der Waals surface area contributed by atoms with Crippen molar-refractivity contribution in [3.8, 4) is 0 Å². The molecule has 0 unspecified atom stereocenters. The number of carbonyl (C=O) groups is 1. The molecule has 1 fully saturated rings. The van der Waals surface area contributed by atoms with Gasteiger partial charge in [-0.3, -0.25) is 4.90 Å². The van der Waals surface area contributed by atoms with Crippen molar-refractivity contribution in [1.82, 2.24) is 4.90 Å². The number of hydrogen-bond donors (Lipinski definition) is 0. The molecular formula is C21H22ClNO3. The van der Waals surface area contributed by atoms with E-state index in [-0.39, 0.29) is 18.7 Å². The third-order valence-corrected chi connectivity index (χ3v) is 4.38. The number of esters is 1. The van der Waals surface area contributed by atoms with Crippen LogP contribution in [0.5, 0.6) is 0 Å². The zero-order chi connectivity index (χ0) is 18.2. The van der Waals surface area contributed by atoms with E-state index in [9.17, 15) is 4.79 Å². The molecule has 0 N–H and O–H groups in total. The maximum atomic E-state index is 11.9. The van der Waals surface area contributed by atoms with Gasteiger partial charge in [0.05, 0.1) is 6.61 Å². The zero-order valence-corrected chi connectivity index (χ0v) is 15.3. The second-order valence-electron chi connectivity index (χ2n) is 6.23. The number of morpholine rings is 1. The Balaban J connectivity index is 1.44. The minimum Gasteiger partial charge on any atom is -0.460 e. The molecule has 136 valence electrons. The number of ether oxygens (including phenoxy) is 2. The fourth-order valence-electron chi connectivity index (χ4n) is 2.86. The van der Waals surface area contributed by atoms with E-state index < -0.39 is 0 Å². The summed E-state index contributed by atoms with van der Waals surface area (Å²) in [5, 5.41) is 0.634. The Labute approximate surface area is 159 Å². The molecule has 0 bridgehead atoms. The molecule has 0 spiro atoms. The summed E-state index contributed by atoms with van der Waals surface area (Å²) in [7, 11) is 0. The van der Waals surface area contributed by atoms with Gasteiger partial charge < -0.3 is 9.47 Å². The summed E-state index contributed by atoms with van der Waals surface area (Å²) in [4.78, 5) is 14.2. The fourth-order valence-corrected chi connectivity index (χ4v) is 3.06. The summed E-state index contributed by atoms with van der Waals surface area (Å²) in [6.45, 7) is 3.41. The number of benzene rings is 2. The number of halogens is 1. The molecule has 1 atom stereocenters. The summed E-state index contributed by atoms with van der Waals surface area (Å²) in [6, 6.07) is 17.6. The SMILES string of the molecule is O=C(/C=C\c1cccc(Cl)c1)OC[C@H]1CN(Cc2ccccc2)CCO1. The molecule has 1 aliphatic rings. The fraction of sp³-hybridized carbons (Fsp3) is 0.286. The van der Waals surface area contributed by atoms with E-state index in [0.717, 1.165) is 25.2 Å². The Kier molecular flexibility index (Phi) is 6.83. The monoisotopic (exact) mass is 371 g/mol. The van der Waals surface area contributed by atoms with Crippen molar-refractivity contribution in [3.05, 3.63) is 76.8 Å². The summed E-state index contributed by atoms with van der Waals surface area (Å²) < 4.78 is 11.0. The van der Waals surface area contributed by atoms with Crippen LogP contribution in [0, 0.1) is 0 Å². The lowest BCUT2D eigenvalue weighted by molar-refractivity contribution is -0.144. The van der Waals surface area contributed by atoms with Gasteiger partial charge in [-0.05, 0) is 29.3 Å². The van der Waals surface area contributed by atoms with Gasteiger partial charge in [-0.25, -0.2) is 4.79 Å². The predicted molar refractivity (Wildman–Crippen MR) is 103 cm³/mol. The van der Waals surface area contributed by atoms with Crippen LogP contribution in [0.25, 0.3) is 6.08 Å². The van der Waals surface area contributed by atoms with Gasteiger partial charge in [0.2, 0.25) is 0 Å². The van der Waals surface area contributed by atoms with Gasteiger partial charge in [-0.2, -0.15) is 0 Å². The van der Waals surface area contributed by atoms with Crippen LogP contribution in [-0.4, -0.2) is 43.3 Å². The Hall–Kier alpha value is -2.14. The Morgan fingerprint density at radius 1 is 1.23 bits per heavy atom. The first-order valence-electron chi connectivity index (χ1n) is 8.67. The van der Waals surface area contributed by atoms with Crippen molar-refractivity contribution in [2.24, 2.45) is 0 Å². The zero-order valence-electron chi connectivity index (χ0n) is 14.5. The van der Waals surface area contributed by atoms with Crippen LogP contribution in [0.15, 0.2) is 60.7 Å². The number of nitrogens with zero attached hydrogens (tertiary/aromatic N) is 1. The highest BCUT2D eigenvalue weighted by Gasteiger charge is 2.21. The molecule has 1 saturated heterocycles. The average molecular weight is 372 g/mol. The van der Waals surface area contributed by atoms with Gasteiger partial charge in [0.1, 0.15) is 12.7 Å². The number of hydrogen-bond acceptors (Lipinski definition) is 4. The van der Waals surface area contributed by atoms with Crippen LogP contribution in [0.3, 0.4) is 0 Å². The van der Waals surface area contributed by atoms with Crippen molar-refractivity contribution < 1.29 is 14.3 Å². The number of rotatable bonds is 6. The van der Waals surface area contributed by atoms with E-state index in [2.05, 4.69) is 17.0 Å². The van der Waals surface area contributed by atoms with Gasteiger partial charge in [-0.15, -0.1) is 0 Å². The molecule has 0 amide bonds. The Bertz CT molecular complexity index is 748. The Morgan fingerprint density at radius 3 is 2.88 bits per heavy atom. The largest absolute Gasteiger partial charge is 0.460 e. The molecular weight excluding hydrogens is 350 g/mol. The molecule has 0 aromatic heterocycles. The van der Waals surface area contributed by atoms with Crippen molar-refractivity contribution in [3.63, 3.8) is 0 Å². The smallest absolute Gasteiger partial charge is 0.330 e. The summed E-state index contributed by atoms with van der Waals surface area (Å²) >= 11 is 5.92. The van der Waals surface area contributed by atoms with E-state index in [1.165, 1.54) is 11.6 Å². The quantitative estimate of drug-likeness (QED) is 0.572. The Morgan fingerprint density at radius 2 is 2.08 bits per heavy atom. The van der Waals surface area contributed by atoms with Crippen LogP contribution < -0.4 is 0 Å². The first-order chi connectivity index (χ1) is 12.7. The molecule has 0 radical (unpaired) electrons. The first-order valence-corrected chi connectivity index (χ1v) is 9.05. The van der Waals surface area contributed by atoms with Crippen LogP contribution in [0.1, 0.15) is 11.1 Å². The highest BCUT2D eigenvalue weighted by atomic mass is 35.5. The second kappa shape index (κ2) is 9.53. The minimum absolute atomic E-state index is 0.101. The van der Waals surface area contributed by atoms with Crippen molar-refractivity contribution >= 4 is 23.6 Å². The van der Waals surface area contributed by atoms with E-state index in [1.807, 2.05) is 30.3 Å². The van der Waals surface area contributed by atoms with Crippen LogP contribution in [-0.2, 0) is 20.8 Å². The van der Waals surface area contributed by atoms with Crippen molar-refractivity contribution in [1.29, 1.82) is 0 Å². The predicted octanol–water partition coefficient (Wildman–Crippen LogP) is 3.80.